The third-order valence-electron chi connectivity index (χ3n) is 2.31. The van der Waals surface area contributed by atoms with Crippen molar-refractivity contribution in [2.24, 2.45) is 0 Å². The second kappa shape index (κ2) is 7.13. The highest BCUT2D eigenvalue weighted by Crippen LogP contribution is 2.30. The number of allylic oxidation sites excluding steroid dienone is 2. The molecule has 0 saturated carbocycles. The van der Waals surface area contributed by atoms with Crippen molar-refractivity contribution in [2.45, 2.75) is 6.92 Å². The lowest BCUT2D eigenvalue weighted by atomic mass is 10.2. The predicted octanol–water partition coefficient (Wildman–Crippen LogP) is 2.23. The van der Waals surface area contributed by atoms with Crippen LogP contribution in [-0.4, -0.2) is 11.5 Å². The number of nitriles is 3. The number of nitro groups is 1. The van der Waals surface area contributed by atoms with Crippen LogP contribution >= 0.6 is 0 Å². The monoisotopic (exact) mass is 283 g/mol. The van der Waals surface area contributed by atoms with Crippen LogP contribution in [0, 0.1) is 44.1 Å². The SMILES string of the molecule is CCOc1cc(NC(C#N)=C(C#N)C#N)ccc1[N+](=O)[O-]. The molecule has 0 aromatic heterocycles. The molecule has 8 nitrogen and oxygen atoms in total. The van der Waals surface area contributed by atoms with Gasteiger partial charge in [-0.2, -0.15) is 15.8 Å². The quantitative estimate of drug-likeness (QED) is 0.497. The highest BCUT2D eigenvalue weighted by Gasteiger charge is 2.16. The Morgan fingerprint density at radius 3 is 2.48 bits per heavy atom. The summed E-state index contributed by atoms with van der Waals surface area (Å²) in [6.07, 6.45) is 0. The lowest BCUT2D eigenvalue weighted by molar-refractivity contribution is -0.385. The first-order chi connectivity index (χ1) is 10.1. The Labute approximate surface area is 120 Å². The maximum atomic E-state index is 10.8. The molecule has 1 rings (SSSR count). The number of nitrogens with one attached hydrogen (secondary N) is 1. The van der Waals surface area contributed by atoms with Crippen LogP contribution in [0.1, 0.15) is 6.92 Å². The van der Waals surface area contributed by atoms with E-state index in [1.807, 2.05) is 0 Å². The van der Waals surface area contributed by atoms with Gasteiger partial charge in [0.15, 0.2) is 11.3 Å². The molecule has 0 heterocycles. The van der Waals surface area contributed by atoms with E-state index in [1.165, 1.54) is 18.2 Å². The van der Waals surface area contributed by atoms with E-state index < -0.39 is 4.92 Å². The van der Waals surface area contributed by atoms with Crippen LogP contribution in [0.3, 0.4) is 0 Å². The minimum absolute atomic E-state index is 0.0280. The topological polar surface area (TPSA) is 136 Å². The van der Waals surface area contributed by atoms with Crippen molar-refractivity contribution in [3.63, 3.8) is 0 Å². The summed E-state index contributed by atoms with van der Waals surface area (Å²) >= 11 is 0. The smallest absolute Gasteiger partial charge is 0.311 e. The first-order valence-corrected chi connectivity index (χ1v) is 5.70. The second-order valence-corrected chi connectivity index (χ2v) is 3.58. The molecule has 1 aromatic rings. The Morgan fingerprint density at radius 1 is 1.33 bits per heavy atom. The number of anilines is 1. The van der Waals surface area contributed by atoms with E-state index in [-0.39, 0.29) is 29.3 Å². The van der Waals surface area contributed by atoms with E-state index in [0.717, 1.165) is 0 Å². The number of hydrogen-bond donors (Lipinski definition) is 1. The molecule has 0 spiro atoms. The Kier molecular flexibility index (Phi) is 5.26. The van der Waals surface area contributed by atoms with Crippen LogP contribution in [0.2, 0.25) is 0 Å². The van der Waals surface area contributed by atoms with E-state index in [0.29, 0.717) is 5.69 Å². The summed E-state index contributed by atoms with van der Waals surface area (Å²) in [5.41, 5.74) is -0.542. The van der Waals surface area contributed by atoms with E-state index in [9.17, 15) is 10.1 Å². The second-order valence-electron chi connectivity index (χ2n) is 3.58. The summed E-state index contributed by atoms with van der Waals surface area (Å²) in [5.74, 6) is 0.0280. The molecule has 0 radical (unpaired) electrons. The Hall–Kier alpha value is -3.57. The third-order valence-corrected chi connectivity index (χ3v) is 2.31. The molecule has 21 heavy (non-hydrogen) atoms. The van der Waals surface area contributed by atoms with Gasteiger partial charge >= 0.3 is 5.69 Å². The molecule has 1 N–H and O–H groups in total. The summed E-state index contributed by atoms with van der Waals surface area (Å²) in [6, 6.07) is 8.75. The van der Waals surface area contributed by atoms with Gasteiger partial charge in [-0.25, -0.2) is 0 Å². The summed E-state index contributed by atoms with van der Waals surface area (Å²) < 4.78 is 5.16. The average molecular weight is 283 g/mol. The standard InChI is InChI=1S/C13H9N5O3/c1-2-21-13-5-10(3-4-12(13)18(19)20)17-11(8-16)9(6-14)7-15/h3-5,17H,2H2,1H3. The minimum Gasteiger partial charge on any atom is -0.487 e. The zero-order chi connectivity index (χ0) is 15.8. The summed E-state index contributed by atoms with van der Waals surface area (Å²) in [4.78, 5) is 10.3. The fraction of sp³-hybridized carbons (Fsp3) is 0.154. The summed E-state index contributed by atoms with van der Waals surface area (Å²) in [7, 11) is 0. The van der Waals surface area contributed by atoms with Gasteiger partial charge in [0.2, 0.25) is 0 Å². The fourth-order valence-electron chi connectivity index (χ4n) is 1.44. The van der Waals surface area contributed by atoms with Crippen LogP contribution in [0.5, 0.6) is 5.75 Å². The maximum Gasteiger partial charge on any atom is 0.311 e. The Morgan fingerprint density at radius 2 is 2.00 bits per heavy atom. The van der Waals surface area contributed by atoms with E-state index in [2.05, 4.69) is 5.32 Å². The van der Waals surface area contributed by atoms with Gasteiger partial charge in [0.05, 0.1) is 11.5 Å². The molecule has 0 unspecified atom stereocenters. The summed E-state index contributed by atoms with van der Waals surface area (Å²) in [6.45, 7) is 1.90. The molecule has 0 fully saturated rings. The molecule has 0 aliphatic carbocycles. The highest BCUT2D eigenvalue weighted by molar-refractivity contribution is 5.63. The highest BCUT2D eigenvalue weighted by atomic mass is 16.6. The van der Waals surface area contributed by atoms with Gasteiger partial charge in [0.25, 0.3) is 0 Å². The van der Waals surface area contributed by atoms with Gasteiger partial charge in [-0.1, -0.05) is 0 Å². The van der Waals surface area contributed by atoms with Gasteiger partial charge < -0.3 is 10.1 Å². The third kappa shape index (κ3) is 3.69. The number of ether oxygens (including phenoxy) is 1. The van der Waals surface area contributed by atoms with Gasteiger partial charge in [-0.3, -0.25) is 10.1 Å². The van der Waals surface area contributed by atoms with Crippen LogP contribution in [0.15, 0.2) is 29.5 Å². The number of hydrogen-bond acceptors (Lipinski definition) is 7. The zero-order valence-electron chi connectivity index (χ0n) is 11.0. The van der Waals surface area contributed by atoms with Crippen LogP contribution in [0.25, 0.3) is 0 Å². The number of nitrogens with zero attached hydrogens (tertiary/aromatic N) is 4. The first kappa shape index (κ1) is 15.5. The molecule has 0 saturated heterocycles. The van der Waals surface area contributed by atoms with Gasteiger partial charge in [0, 0.05) is 17.8 Å². The van der Waals surface area contributed by atoms with Crippen molar-refractivity contribution in [1.29, 1.82) is 15.8 Å². The normalized spacial score (nSPS) is 8.67. The minimum atomic E-state index is -0.591. The van der Waals surface area contributed by atoms with Crippen LogP contribution in [0.4, 0.5) is 11.4 Å². The predicted molar refractivity (Wildman–Crippen MR) is 71.8 cm³/mol. The Balaban J connectivity index is 3.23. The molecule has 0 atom stereocenters. The van der Waals surface area contributed by atoms with Gasteiger partial charge in [-0.05, 0) is 13.0 Å². The van der Waals surface area contributed by atoms with Gasteiger partial charge in [0.1, 0.15) is 23.9 Å². The van der Waals surface area contributed by atoms with Crippen molar-refractivity contribution >= 4 is 11.4 Å². The van der Waals surface area contributed by atoms with Crippen molar-refractivity contribution in [1.82, 2.24) is 0 Å². The summed E-state index contributed by atoms with van der Waals surface area (Å²) in [5, 5.41) is 39.8. The van der Waals surface area contributed by atoms with Crippen LogP contribution < -0.4 is 10.1 Å². The number of nitro benzene ring substituents is 1. The molecule has 0 amide bonds. The van der Waals surface area contributed by atoms with Crippen LogP contribution in [-0.2, 0) is 0 Å². The first-order valence-electron chi connectivity index (χ1n) is 5.70. The van der Waals surface area contributed by atoms with E-state index in [1.54, 1.807) is 25.1 Å². The molecule has 0 bridgehead atoms. The molecule has 1 aromatic carbocycles. The lowest BCUT2D eigenvalue weighted by Gasteiger charge is -2.08. The maximum absolute atomic E-state index is 10.8. The van der Waals surface area contributed by atoms with Crippen molar-refractivity contribution < 1.29 is 9.66 Å². The Bertz CT molecular complexity index is 703. The average Bonchev–Trinajstić information content (AvgIpc) is 2.47. The van der Waals surface area contributed by atoms with E-state index >= 15 is 0 Å². The lowest BCUT2D eigenvalue weighted by Crippen LogP contribution is -2.03. The molecule has 104 valence electrons. The number of benzene rings is 1. The van der Waals surface area contributed by atoms with E-state index in [4.69, 9.17) is 20.5 Å². The van der Waals surface area contributed by atoms with Crippen molar-refractivity contribution in [3.05, 3.63) is 39.6 Å². The number of rotatable bonds is 5. The fourth-order valence-corrected chi connectivity index (χ4v) is 1.44. The molecule has 0 aliphatic rings. The molecule has 8 heteroatoms. The zero-order valence-corrected chi connectivity index (χ0v) is 11.0. The van der Waals surface area contributed by atoms with Gasteiger partial charge in [-0.15, -0.1) is 0 Å². The van der Waals surface area contributed by atoms with Crippen molar-refractivity contribution in [3.8, 4) is 24.0 Å². The molecule has 0 aliphatic heterocycles. The van der Waals surface area contributed by atoms with Crippen molar-refractivity contribution in [2.75, 3.05) is 11.9 Å². The largest absolute Gasteiger partial charge is 0.487 e. The molecular weight excluding hydrogens is 274 g/mol. The molecular formula is C13H9N5O3.